The second-order valence-corrected chi connectivity index (χ2v) is 4.38. The summed E-state index contributed by atoms with van der Waals surface area (Å²) in [6.07, 6.45) is 6.60. The van der Waals surface area contributed by atoms with Crippen LogP contribution in [0, 0.1) is 0 Å². The molecule has 2 heterocycles. The van der Waals surface area contributed by atoms with E-state index in [1.54, 1.807) is 29.4 Å². The molecule has 2 aromatic heterocycles. The Kier molecular flexibility index (Phi) is 2.89. The summed E-state index contributed by atoms with van der Waals surface area (Å²) in [6.45, 7) is 0. The summed E-state index contributed by atoms with van der Waals surface area (Å²) in [5.41, 5.74) is 7.33. The van der Waals surface area contributed by atoms with Crippen molar-refractivity contribution in [2.24, 2.45) is 0 Å². The Labute approximate surface area is 114 Å². The third-order valence-electron chi connectivity index (χ3n) is 2.63. The van der Waals surface area contributed by atoms with Gasteiger partial charge in [-0.15, -0.1) is 0 Å². The molecule has 0 saturated heterocycles. The van der Waals surface area contributed by atoms with Gasteiger partial charge in [-0.1, -0.05) is 11.6 Å². The van der Waals surface area contributed by atoms with Gasteiger partial charge in [-0.05, 0) is 24.3 Å². The minimum atomic E-state index is 0.498. The number of anilines is 1. The van der Waals surface area contributed by atoms with Crippen LogP contribution in [0.5, 0.6) is 0 Å². The van der Waals surface area contributed by atoms with Crippen molar-refractivity contribution in [1.29, 1.82) is 0 Å². The topological polar surface area (TPSA) is 69.6 Å². The molecule has 0 unspecified atom stereocenters. The van der Waals surface area contributed by atoms with E-state index in [4.69, 9.17) is 17.3 Å². The van der Waals surface area contributed by atoms with Gasteiger partial charge < -0.3 is 5.73 Å². The molecule has 0 aliphatic carbocycles. The van der Waals surface area contributed by atoms with Crippen LogP contribution in [0.1, 0.15) is 0 Å². The van der Waals surface area contributed by atoms with Crippen molar-refractivity contribution in [3.8, 4) is 17.3 Å². The van der Waals surface area contributed by atoms with Crippen LogP contribution in [0.3, 0.4) is 0 Å². The number of aromatic nitrogens is 4. The molecule has 0 fully saturated rings. The van der Waals surface area contributed by atoms with E-state index >= 15 is 0 Å². The first-order chi connectivity index (χ1) is 9.24. The van der Waals surface area contributed by atoms with Crippen molar-refractivity contribution in [3.05, 3.63) is 54.1 Å². The summed E-state index contributed by atoms with van der Waals surface area (Å²) >= 11 is 5.78. The lowest BCUT2D eigenvalue weighted by molar-refractivity contribution is 0.933. The molecule has 19 heavy (non-hydrogen) atoms. The molecule has 0 atom stereocenters. The van der Waals surface area contributed by atoms with Crippen molar-refractivity contribution in [3.63, 3.8) is 0 Å². The van der Waals surface area contributed by atoms with Crippen molar-refractivity contribution < 1.29 is 0 Å². The lowest BCUT2D eigenvalue weighted by Crippen LogP contribution is -2.01. The fourth-order valence-corrected chi connectivity index (χ4v) is 1.84. The van der Waals surface area contributed by atoms with Crippen LogP contribution in [-0.4, -0.2) is 19.5 Å². The molecule has 0 bridgehead atoms. The molecule has 0 aliphatic rings. The Bertz CT molecular complexity index is 628. The maximum Gasteiger partial charge on any atom is 0.235 e. The normalized spacial score (nSPS) is 10.6. The molecule has 0 amide bonds. The fourth-order valence-electron chi connectivity index (χ4n) is 1.74. The Morgan fingerprint density at radius 1 is 1.00 bits per heavy atom. The Morgan fingerprint density at radius 2 is 1.68 bits per heavy atom. The SMILES string of the molecule is Nc1ccc(-c2nccn2-c2ncc(Cl)cn2)cc1. The number of hydrogen-bond acceptors (Lipinski definition) is 4. The Balaban J connectivity index is 2.07. The molecule has 0 radical (unpaired) electrons. The van der Waals surface area contributed by atoms with E-state index in [0.29, 0.717) is 16.7 Å². The van der Waals surface area contributed by atoms with Crippen molar-refractivity contribution in [1.82, 2.24) is 19.5 Å². The molecule has 0 spiro atoms. The zero-order chi connectivity index (χ0) is 13.2. The van der Waals surface area contributed by atoms with Crippen LogP contribution in [0.15, 0.2) is 49.1 Å². The number of nitrogens with two attached hydrogens (primary N) is 1. The van der Waals surface area contributed by atoms with Crippen LogP contribution in [0.25, 0.3) is 17.3 Å². The zero-order valence-corrected chi connectivity index (χ0v) is 10.6. The van der Waals surface area contributed by atoms with Crippen molar-refractivity contribution in [2.75, 3.05) is 5.73 Å². The number of rotatable bonds is 2. The zero-order valence-electron chi connectivity index (χ0n) is 9.86. The lowest BCUT2D eigenvalue weighted by Gasteiger charge is -2.06. The maximum absolute atomic E-state index is 5.78. The molecule has 0 aliphatic heterocycles. The van der Waals surface area contributed by atoms with Crippen LogP contribution >= 0.6 is 11.6 Å². The van der Waals surface area contributed by atoms with Gasteiger partial charge >= 0.3 is 0 Å². The minimum Gasteiger partial charge on any atom is -0.399 e. The van der Waals surface area contributed by atoms with Gasteiger partial charge in [-0.3, -0.25) is 4.57 Å². The quantitative estimate of drug-likeness (QED) is 0.727. The number of nitrogens with zero attached hydrogens (tertiary/aromatic N) is 4. The van der Waals surface area contributed by atoms with Crippen LogP contribution in [0.4, 0.5) is 5.69 Å². The van der Waals surface area contributed by atoms with Gasteiger partial charge in [0.25, 0.3) is 0 Å². The summed E-state index contributed by atoms with van der Waals surface area (Å²) < 4.78 is 1.79. The van der Waals surface area contributed by atoms with Crippen molar-refractivity contribution >= 4 is 17.3 Å². The largest absolute Gasteiger partial charge is 0.399 e. The van der Waals surface area contributed by atoms with E-state index < -0.39 is 0 Å². The Morgan fingerprint density at radius 3 is 2.37 bits per heavy atom. The second-order valence-electron chi connectivity index (χ2n) is 3.94. The fraction of sp³-hybridized carbons (Fsp3) is 0. The summed E-state index contributed by atoms with van der Waals surface area (Å²) in [7, 11) is 0. The minimum absolute atomic E-state index is 0.498. The molecule has 1 aromatic carbocycles. The van der Waals surface area contributed by atoms with Crippen LogP contribution in [-0.2, 0) is 0 Å². The van der Waals surface area contributed by atoms with Gasteiger partial charge in [0, 0.05) is 23.6 Å². The molecule has 94 valence electrons. The van der Waals surface area contributed by atoms with E-state index in [9.17, 15) is 0 Å². The predicted octanol–water partition coefficient (Wildman–Crippen LogP) is 2.56. The molecular weight excluding hydrogens is 262 g/mol. The molecule has 0 saturated carbocycles. The van der Waals surface area contributed by atoms with Gasteiger partial charge in [0.1, 0.15) is 5.82 Å². The first-order valence-electron chi connectivity index (χ1n) is 5.61. The van der Waals surface area contributed by atoms with Gasteiger partial charge in [-0.2, -0.15) is 0 Å². The van der Waals surface area contributed by atoms with Crippen LogP contribution in [0.2, 0.25) is 5.02 Å². The highest BCUT2D eigenvalue weighted by Crippen LogP contribution is 2.21. The molecule has 5 nitrogen and oxygen atoms in total. The van der Waals surface area contributed by atoms with Gasteiger partial charge in [0.05, 0.1) is 17.4 Å². The lowest BCUT2D eigenvalue weighted by atomic mass is 10.2. The highest BCUT2D eigenvalue weighted by molar-refractivity contribution is 6.30. The average Bonchev–Trinajstić information content (AvgIpc) is 2.90. The number of imidazole rings is 1. The van der Waals surface area contributed by atoms with E-state index in [2.05, 4.69) is 15.0 Å². The van der Waals surface area contributed by atoms with Crippen LogP contribution < -0.4 is 5.73 Å². The first kappa shape index (κ1) is 11.7. The number of halogens is 1. The highest BCUT2D eigenvalue weighted by atomic mass is 35.5. The summed E-state index contributed by atoms with van der Waals surface area (Å²) in [5, 5.41) is 0.498. The molecule has 3 rings (SSSR count). The third kappa shape index (κ3) is 2.28. The molecule has 3 aromatic rings. The van der Waals surface area contributed by atoms with Gasteiger partial charge in [0.15, 0.2) is 0 Å². The monoisotopic (exact) mass is 271 g/mol. The number of nitrogen functional groups attached to an aromatic ring is 1. The maximum atomic E-state index is 5.78. The molecule has 6 heteroatoms. The highest BCUT2D eigenvalue weighted by Gasteiger charge is 2.09. The standard InChI is InChI=1S/C13H10ClN5/c14-10-7-17-13(18-8-10)19-6-5-16-12(19)9-1-3-11(15)4-2-9/h1-8H,15H2. The predicted molar refractivity (Wildman–Crippen MR) is 74.0 cm³/mol. The number of hydrogen-bond donors (Lipinski definition) is 1. The summed E-state index contributed by atoms with van der Waals surface area (Å²) in [5.74, 6) is 1.27. The van der Waals surface area contributed by atoms with E-state index in [0.717, 1.165) is 11.4 Å². The van der Waals surface area contributed by atoms with E-state index in [1.165, 1.54) is 0 Å². The summed E-state index contributed by atoms with van der Waals surface area (Å²) in [6, 6.07) is 7.47. The van der Waals surface area contributed by atoms with E-state index in [1.807, 2.05) is 24.3 Å². The smallest absolute Gasteiger partial charge is 0.235 e. The van der Waals surface area contributed by atoms with Gasteiger partial charge in [0.2, 0.25) is 5.95 Å². The summed E-state index contributed by atoms with van der Waals surface area (Å²) in [4.78, 5) is 12.7. The molecular formula is C13H10ClN5. The van der Waals surface area contributed by atoms with Gasteiger partial charge in [-0.25, -0.2) is 15.0 Å². The van der Waals surface area contributed by atoms with Crippen molar-refractivity contribution in [2.45, 2.75) is 0 Å². The van der Waals surface area contributed by atoms with E-state index in [-0.39, 0.29) is 0 Å². The Hall–Kier alpha value is -2.40. The average molecular weight is 272 g/mol. The second kappa shape index (κ2) is 4.70. The third-order valence-corrected chi connectivity index (χ3v) is 2.83. The first-order valence-corrected chi connectivity index (χ1v) is 5.99. The number of benzene rings is 1. The molecule has 2 N–H and O–H groups in total.